The van der Waals surface area contributed by atoms with Crippen molar-refractivity contribution in [1.82, 2.24) is 4.98 Å². The average molecular weight is 182 g/mol. The minimum Gasteiger partial charge on any atom is -0.369 e. The van der Waals surface area contributed by atoms with E-state index in [2.05, 4.69) is 11.6 Å². The number of carbonyl (C=O) groups excluding carboxylic acids is 1. The minimum absolute atomic E-state index is 0.303. The molecule has 3 nitrogen and oxygen atoms in total. The summed E-state index contributed by atoms with van der Waals surface area (Å²) in [5.41, 5.74) is 5.19. The quantitative estimate of drug-likeness (QED) is 0.713. The van der Waals surface area contributed by atoms with Crippen molar-refractivity contribution in [3.05, 3.63) is 29.2 Å². The lowest BCUT2D eigenvalue weighted by Crippen LogP contribution is -2.20. The number of hydrogen-bond acceptors (Lipinski definition) is 3. The lowest BCUT2D eigenvalue weighted by molar-refractivity contribution is -0.119. The van der Waals surface area contributed by atoms with Crippen LogP contribution in [0, 0.1) is 0 Å². The lowest BCUT2D eigenvalue weighted by Gasteiger charge is -2.05. The third-order valence-electron chi connectivity index (χ3n) is 1.50. The van der Waals surface area contributed by atoms with E-state index in [1.807, 2.05) is 5.38 Å². The van der Waals surface area contributed by atoms with Gasteiger partial charge in [-0.25, -0.2) is 4.98 Å². The number of nitrogens with two attached hydrogens (primary N) is 1. The molecule has 0 spiro atoms. The van der Waals surface area contributed by atoms with Crippen LogP contribution in [0.4, 0.5) is 0 Å². The van der Waals surface area contributed by atoms with Gasteiger partial charge in [-0.3, -0.25) is 4.79 Å². The zero-order valence-electron chi connectivity index (χ0n) is 6.56. The second kappa shape index (κ2) is 4.01. The molecule has 0 aliphatic rings. The topological polar surface area (TPSA) is 56.0 Å². The second-order valence-corrected chi connectivity index (χ2v) is 3.28. The molecule has 0 saturated heterocycles. The maximum absolute atomic E-state index is 10.9. The summed E-state index contributed by atoms with van der Waals surface area (Å²) < 4.78 is 0. The zero-order chi connectivity index (χ0) is 8.97. The number of thiazole rings is 1. The maximum Gasteiger partial charge on any atom is 0.227 e. The lowest BCUT2D eigenvalue weighted by atomic mass is 10.1. The van der Waals surface area contributed by atoms with Crippen molar-refractivity contribution in [2.24, 2.45) is 5.73 Å². The molecule has 1 unspecified atom stereocenters. The number of allylic oxidation sites excluding steroid dienone is 1. The molecule has 0 fully saturated rings. The molecule has 1 amide bonds. The Morgan fingerprint density at radius 2 is 2.67 bits per heavy atom. The Balaban J connectivity index is 2.80. The van der Waals surface area contributed by atoms with E-state index < -0.39 is 0 Å². The highest BCUT2D eigenvalue weighted by Gasteiger charge is 2.17. The molecule has 1 rings (SSSR count). The monoisotopic (exact) mass is 182 g/mol. The molecular weight excluding hydrogens is 172 g/mol. The summed E-state index contributed by atoms with van der Waals surface area (Å²) >= 11 is 1.44. The van der Waals surface area contributed by atoms with Gasteiger partial charge in [-0.05, 0) is 6.42 Å². The number of rotatable bonds is 4. The molecule has 4 heteroatoms. The average Bonchev–Trinajstić information content (AvgIpc) is 2.51. The van der Waals surface area contributed by atoms with Crippen LogP contribution in [0.5, 0.6) is 0 Å². The highest BCUT2D eigenvalue weighted by molar-refractivity contribution is 7.09. The Hall–Kier alpha value is -1.16. The van der Waals surface area contributed by atoms with Crippen molar-refractivity contribution >= 4 is 17.2 Å². The van der Waals surface area contributed by atoms with Crippen LogP contribution in [0.25, 0.3) is 0 Å². The molecule has 0 saturated carbocycles. The SMILES string of the molecule is C=CCC(C(N)=O)c1nccs1. The van der Waals surface area contributed by atoms with Crippen LogP contribution < -0.4 is 5.73 Å². The summed E-state index contributed by atoms with van der Waals surface area (Å²) in [7, 11) is 0. The largest absolute Gasteiger partial charge is 0.369 e. The number of amides is 1. The van der Waals surface area contributed by atoms with Gasteiger partial charge in [0.1, 0.15) is 5.01 Å². The second-order valence-electron chi connectivity index (χ2n) is 2.35. The molecule has 12 heavy (non-hydrogen) atoms. The number of nitrogens with zero attached hydrogens (tertiary/aromatic N) is 1. The predicted octanol–water partition coefficient (Wildman–Crippen LogP) is 1.29. The van der Waals surface area contributed by atoms with Crippen molar-refractivity contribution in [2.75, 3.05) is 0 Å². The van der Waals surface area contributed by atoms with E-state index >= 15 is 0 Å². The molecule has 0 aliphatic carbocycles. The molecule has 2 N–H and O–H groups in total. The fraction of sp³-hybridized carbons (Fsp3) is 0.250. The molecule has 0 bridgehead atoms. The number of primary amides is 1. The van der Waals surface area contributed by atoms with Crippen molar-refractivity contribution in [3.63, 3.8) is 0 Å². The van der Waals surface area contributed by atoms with Crippen LogP contribution in [0.15, 0.2) is 24.2 Å². The molecule has 64 valence electrons. The van der Waals surface area contributed by atoms with E-state index in [4.69, 9.17) is 5.73 Å². The van der Waals surface area contributed by atoms with Gasteiger partial charge in [-0.2, -0.15) is 0 Å². The summed E-state index contributed by atoms with van der Waals surface area (Å²) in [5, 5.41) is 2.59. The van der Waals surface area contributed by atoms with Crippen molar-refractivity contribution in [3.8, 4) is 0 Å². The summed E-state index contributed by atoms with van der Waals surface area (Å²) in [6.45, 7) is 3.56. The normalized spacial score (nSPS) is 12.3. The van der Waals surface area contributed by atoms with Gasteiger partial charge in [0, 0.05) is 11.6 Å². The smallest absolute Gasteiger partial charge is 0.227 e. The van der Waals surface area contributed by atoms with Crippen LogP contribution >= 0.6 is 11.3 Å². The van der Waals surface area contributed by atoms with Crippen LogP contribution in [0.3, 0.4) is 0 Å². The molecule has 1 atom stereocenters. The highest BCUT2D eigenvalue weighted by atomic mass is 32.1. The fourth-order valence-corrected chi connectivity index (χ4v) is 1.67. The van der Waals surface area contributed by atoms with Crippen molar-refractivity contribution in [1.29, 1.82) is 0 Å². The first kappa shape index (κ1) is 8.93. The number of hydrogen-bond donors (Lipinski definition) is 1. The van der Waals surface area contributed by atoms with Gasteiger partial charge in [-0.1, -0.05) is 6.08 Å². The Morgan fingerprint density at radius 3 is 3.08 bits per heavy atom. The van der Waals surface area contributed by atoms with E-state index in [9.17, 15) is 4.79 Å². The predicted molar refractivity (Wildman–Crippen MR) is 48.9 cm³/mol. The van der Waals surface area contributed by atoms with Gasteiger partial charge >= 0.3 is 0 Å². The van der Waals surface area contributed by atoms with Crippen LogP contribution in [-0.4, -0.2) is 10.9 Å². The maximum atomic E-state index is 10.9. The van der Waals surface area contributed by atoms with Crippen molar-refractivity contribution in [2.45, 2.75) is 12.3 Å². The minimum atomic E-state index is -0.343. The molecular formula is C8H10N2OS. The Morgan fingerprint density at radius 1 is 1.92 bits per heavy atom. The van der Waals surface area contributed by atoms with Gasteiger partial charge in [0.25, 0.3) is 0 Å². The molecule has 0 radical (unpaired) electrons. The van der Waals surface area contributed by atoms with E-state index in [0.717, 1.165) is 5.01 Å². The van der Waals surface area contributed by atoms with Crippen molar-refractivity contribution < 1.29 is 4.79 Å². The molecule has 0 aliphatic heterocycles. The van der Waals surface area contributed by atoms with Gasteiger partial charge < -0.3 is 5.73 Å². The summed E-state index contributed by atoms with van der Waals surface area (Å²) in [6, 6.07) is 0. The first-order valence-electron chi connectivity index (χ1n) is 3.55. The van der Waals surface area contributed by atoms with Gasteiger partial charge in [0.05, 0.1) is 5.92 Å². The number of aromatic nitrogens is 1. The zero-order valence-corrected chi connectivity index (χ0v) is 7.38. The third-order valence-corrected chi connectivity index (χ3v) is 2.38. The van der Waals surface area contributed by atoms with Gasteiger partial charge in [-0.15, -0.1) is 17.9 Å². The van der Waals surface area contributed by atoms with Gasteiger partial charge in [0.2, 0.25) is 5.91 Å². The van der Waals surface area contributed by atoms with Crippen LogP contribution in [-0.2, 0) is 4.79 Å². The summed E-state index contributed by atoms with van der Waals surface area (Å²) in [5.74, 6) is -0.646. The molecule has 0 aromatic carbocycles. The molecule has 1 aromatic rings. The van der Waals surface area contributed by atoms with E-state index in [-0.39, 0.29) is 11.8 Å². The van der Waals surface area contributed by atoms with Gasteiger partial charge in [0.15, 0.2) is 0 Å². The Kier molecular flexibility index (Phi) is 2.99. The molecule has 1 aromatic heterocycles. The van der Waals surface area contributed by atoms with E-state index in [1.165, 1.54) is 11.3 Å². The fourth-order valence-electron chi connectivity index (χ4n) is 0.912. The van der Waals surface area contributed by atoms with Crippen LogP contribution in [0.2, 0.25) is 0 Å². The summed E-state index contributed by atoms with van der Waals surface area (Å²) in [6.07, 6.45) is 3.90. The highest BCUT2D eigenvalue weighted by Crippen LogP contribution is 2.21. The standard InChI is InChI=1S/C8H10N2OS/c1-2-3-6(7(9)11)8-10-4-5-12-8/h2,4-6H,1,3H2,(H2,9,11). The Labute approximate surface area is 74.9 Å². The van der Waals surface area contributed by atoms with E-state index in [0.29, 0.717) is 6.42 Å². The molecule has 1 heterocycles. The first-order chi connectivity index (χ1) is 5.75. The number of carbonyl (C=O) groups is 1. The third kappa shape index (κ3) is 1.92. The van der Waals surface area contributed by atoms with E-state index in [1.54, 1.807) is 12.3 Å². The Bertz CT molecular complexity index is 269. The summed E-state index contributed by atoms with van der Waals surface area (Å²) in [4.78, 5) is 15.0. The van der Waals surface area contributed by atoms with Crippen LogP contribution in [0.1, 0.15) is 17.3 Å². The first-order valence-corrected chi connectivity index (χ1v) is 4.43.